The Morgan fingerprint density at radius 2 is 1.95 bits per heavy atom. The van der Waals surface area contributed by atoms with Crippen LogP contribution >= 0.6 is 11.3 Å². The highest BCUT2D eigenvalue weighted by Gasteiger charge is 2.11. The van der Waals surface area contributed by atoms with Crippen LogP contribution in [-0.2, 0) is 20.9 Å². The van der Waals surface area contributed by atoms with Crippen molar-refractivity contribution in [1.29, 1.82) is 0 Å². The predicted octanol–water partition coefficient (Wildman–Crippen LogP) is 2.96. The first-order valence-electron chi connectivity index (χ1n) is 6.81. The normalized spacial score (nSPS) is 10.6. The van der Waals surface area contributed by atoms with Crippen LogP contribution < -0.4 is 0 Å². The van der Waals surface area contributed by atoms with Crippen molar-refractivity contribution in [1.82, 2.24) is 4.90 Å². The standard InChI is InChI=1S/C17H17NO3S/c1-18(12-14-6-3-2-4-7-14)16(19)13-21-17(20)10-9-15-8-5-11-22-15/h2-11H,12-13H2,1H3. The molecule has 0 N–H and O–H groups in total. The highest BCUT2D eigenvalue weighted by molar-refractivity contribution is 7.10. The number of ether oxygens (including phenoxy) is 1. The fourth-order valence-corrected chi connectivity index (χ4v) is 2.39. The van der Waals surface area contributed by atoms with Crippen molar-refractivity contribution in [3.05, 3.63) is 64.4 Å². The molecule has 4 nitrogen and oxygen atoms in total. The van der Waals surface area contributed by atoms with Gasteiger partial charge in [0, 0.05) is 24.5 Å². The lowest BCUT2D eigenvalue weighted by Crippen LogP contribution is -2.30. The van der Waals surface area contributed by atoms with Crippen molar-refractivity contribution in [2.24, 2.45) is 0 Å². The lowest BCUT2D eigenvalue weighted by Gasteiger charge is -2.16. The maximum absolute atomic E-state index is 11.9. The minimum absolute atomic E-state index is 0.235. The number of carbonyl (C=O) groups is 2. The summed E-state index contributed by atoms with van der Waals surface area (Å²) in [5, 5.41) is 1.92. The maximum atomic E-state index is 11.9. The summed E-state index contributed by atoms with van der Waals surface area (Å²) in [7, 11) is 1.69. The number of hydrogen-bond acceptors (Lipinski definition) is 4. The van der Waals surface area contributed by atoms with Crippen LogP contribution in [0.25, 0.3) is 6.08 Å². The summed E-state index contributed by atoms with van der Waals surface area (Å²) in [6.45, 7) is 0.235. The Balaban J connectivity index is 1.76. The van der Waals surface area contributed by atoms with Crippen LogP contribution in [-0.4, -0.2) is 30.4 Å². The van der Waals surface area contributed by atoms with Gasteiger partial charge in [-0.2, -0.15) is 0 Å². The Bertz CT molecular complexity index is 635. The second-order valence-electron chi connectivity index (χ2n) is 4.69. The second-order valence-corrected chi connectivity index (χ2v) is 5.67. The van der Waals surface area contributed by atoms with Gasteiger partial charge < -0.3 is 9.64 Å². The number of thiophene rings is 1. The monoisotopic (exact) mass is 315 g/mol. The van der Waals surface area contributed by atoms with Crippen molar-refractivity contribution >= 4 is 29.3 Å². The van der Waals surface area contributed by atoms with E-state index in [0.717, 1.165) is 10.4 Å². The van der Waals surface area contributed by atoms with E-state index in [-0.39, 0.29) is 12.5 Å². The highest BCUT2D eigenvalue weighted by atomic mass is 32.1. The molecule has 1 aromatic carbocycles. The van der Waals surface area contributed by atoms with E-state index < -0.39 is 5.97 Å². The molecule has 0 saturated carbocycles. The molecule has 0 aliphatic heterocycles. The fraction of sp³-hybridized carbons (Fsp3) is 0.176. The van der Waals surface area contributed by atoms with Gasteiger partial charge in [0.15, 0.2) is 6.61 Å². The molecule has 0 bridgehead atoms. The first-order chi connectivity index (χ1) is 10.6. The number of likely N-dealkylation sites (N-methyl/N-ethyl adjacent to an activating group) is 1. The van der Waals surface area contributed by atoms with Gasteiger partial charge in [0.1, 0.15) is 0 Å². The first kappa shape index (κ1) is 16.0. The van der Waals surface area contributed by atoms with Crippen molar-refractivity contribution in [3.8, 4) is 0 Å². The number of amides is 1. The third-order valence-corrected chi connectivity index (χ3v) is 3.79. The molecule has 0 fully saturated rings. The molecule has 114 valence electrons. The Labute approximate surface area is 133 Å². The molecule has 0 unspecified atom stereocenters. The lowest BCUT2D eigenvalue weighted by atomic mass is 10.2. The third kappa shape index (κ3) is 5.18. The number of nitrogens with zero attached hydrogens (tertiary/aromatic N) is 1. The summed E-state index contributed by atoms with van der Waals surface area (Å²) in [5.74, 6) is -0.753. The van der Waals surface area contributed by atoms with Crippen LogP contribution in [0.4, 0.5) is 0 Å². The molecule has 1 aromatic heterocycles. The zero-order valence-corrected chi connectivity index (χ0v) is 13.1. The molecular weight excluding hydrogens is 298 g/mol. The third-order valence-electron chi connectivity index (χ3n) is 2.95. The SMILES string of the molecule is CN(Cc1ccccc1)C(=O)COC(=O)C=Cc1cccs1. The molecule has 1 heterocycles. The smallest absolute Gasteiger partial charge is 0.331 e. The quantitative estimate of drug-likeness (QED) is 0.608. The fourth-order valence-electron chi connectivity index (χ4n) is 1.77. The minimum Gasteiger partial charge on any atom is -0.452 e. The Morgan fingerprint density at radius 1 is 1.18 bits per heavy atom. The number of benzene rings is 1. The van der Waals surface area contributed by atoms with E-state index in [9.17, 15) is 9.59 Å². The molecular formula is C17H17NO3S. The lowest BCUT2D eigenvalue weighted by molar-refractivity contribution is -0.147. The van der Waals surface area contributed by atoms with Crippen LogP contribution in [0.2, 0.25) is 0 Å². The van der Waals surface area contributed by atoms with Gasteiger partial charge in [0.25, 0.3) is 5.91 Å². The topological polar surface area (TPSA) is 46.6 Å². The van der Waals surface area contributed by atoms with Crippen molar-refractivity contribution < 1.29 is 14.3 Å². The summed E-state index contributed by atoms with van der Waals surface area (Å²) >= 11 is 1.53. The summed E-state index contributed by atoms with van der Waals surface area (Å²) in [4.78, 5) is 26.0. The summed E-state index contributed by atoms with van der Waals surface area (Å²) in [6, 6.07) is 13.4. The van der Waals surface area contributed by atoms with Crippen LogP contribution in [0.3, 0.4) is 0 Å². The predicted molar refractivity (Wildman–Crippen MR) is 87.2 cm³/mol. The maximum Gasteiger partial charge on any atom is 0.331 e. The molecule has 1 amide bonds. The van der Waals surface area contributed by atoms with E-state index in [1.807, 2.05) is 47.8 Å². The molecule has 2 rings (SSSR count). The molecule has 0 aliphatic carbocycles. The molecule has 0 radical (unpaired) electrons. The zero-order chi connectivity index (χ0) is 15.8. The first-order valence-corrected chi connectivity index (χ1v) is 7.69. The molecule has 2 aromatic rings. The van der Waals surface area contributed by atoms with E-state index in [1.54, 1.807) is 13.1 Å². The molecule has 0 aliphatic rings. The van der Waals surface area contributed by atoms with Crippen molar-refractivity contribution in [3.63, 3.8) is 0 Å². The summed E-state index contributed by atoms with van der Waals surface area (Å²) in [6.07, 6.45) is 3.00. The van der Waals surface area contributed by atoms with Gasteiger partial charge >= 0.3 is 5.97 Å². The summed E-state index contributed by atoms with van der Waals surface area (Å²) < 4.78 is 4.95. The van der Waals surface area contributed by atoms with Crippen LogP contribution in [0.1, 0.15) is 10.4 Å². The average molecular weight is 315 g/mol. The largest absolute Gasteiger partial charge is 0.452 e. The van der Waals surface area contributed by atoms with E-state index in [0.29, 0.717) is 6.54 Å². The van der Waals surface area contributed by atoms with Gasteiger partial charge in [-0.15, -0.1) is 11.3 Å². The van der Waals surface area contributed by atoms with Crippen LogP contribution in [0, 0.1) is 0 Å². The molecule has 0 saturated heterocycles. The van der Waals surface area contributed by atoms with E-state index in [4.69, 9.17) is 4.74 Å². The molecule has 0 atom stereocenters. The number of esters is 1. The molecule has 5 heteroatoms. The minimum atomic E-state index is -0.519. The number of hydrogen-bond donors (Lipinski definition) is 0. The van der Waals surface area contributed by atoms with E-state index >= 15 is 0 Å². The Kier molecular flexibility index (Phi) is 5.91. The van der Waals surface area contributed by atoms with Crippen molar-refractivity contribution in [2.75, 3.05) is 13.7 Å². The van der Waals surface area contributed by atoms with Gasteiger partial charge in [-0.3, -0.25) is 4.79 Å². The summed E-state index contributed by atoms with van der Waals surface area (Å²) in [5.41, 5.74) is 1.03. The van der Waals surface area contributed by atoms with E-state index in [2.05, 4.69) is 0 Å². The zero-order valence-electron chi connectivity index (χ0n) is 12.3. The highest BCUT2D eigenvalue weighted by Crippen LogP contribution is 2.10. The van der Waals surface area contributed by atoms with Crippen LogP contribution in [0.5, 0.6) is 0 Å². The van der Waals surface area contributed by atoms with Gasteiger partial charge in [-0.25, -0.2) is 4.79 Å². The van der Waals surface area contributed by atoms with Crippen molar-refractivity contribution in [2.45, 2.75) is 6.54 Å². The van der Waals surface area contributed by atoms with Gasteiger partial charge in [-0.1, -0.05) is 36.4 Å². The average Bonchev–Trinajstić information content (AvgIpc) is 3.05. The van der Waals surface area contributed by atoms with E-state index in [1.165, 1.54) is 22.3 Å². The second kappa shape index (κ2) is 8.14. The van der Waals surface area contributed by atoms with Gasteiger partial charge in [0.2, 0.25) is 0 Å². The number of rotatable bonds is 6. The molecule has 22 heavy (non-hydrogen) atoms. The Morgan fingerprint density at radius 3 is 2.64 bits per heavy atom. The molecule has 0 spiro atoms. The number of carbonyl (C=O) groups excluding carboxylic acids is 2. The van der Waals surface area contributed by atoms with Gasteiger partial charge in [-0.05, 0) is 23.1 Å². The Hall–Kier alpha value is -2.40. The van der Waals surface area contributed by atoms with Crippen LogP contribution in [0.15, 0.2) is 53.9 Å². The van der Waals surface area contributed by atoms with Gasteiger partial charge in [0.05, 0.1) is 0 Å².